The molecule has 0 saturated heterocycles. The molecular formula is C17H20N2O2. The molecule has 1 N–H and O–H groups in total. The number of hydrogen-bond acceptors (Lipinski definition) is 3. The lowest BCUT2D eigenvalue weighted by molar-refractivity contribution is -0.151. The van der Waals surface area contributed by atoms with Gasteiger partial charge in [-0.05, 0) is 31.2 Å². The second-order valence-corrected chi connectivity index (χ2v) is 5.62. The zero-order valence-corrected chi connectivity index (χ0v) is 12.0. The normalized spacial score (nSPS) is 21.9. The number of carbonyl (C=O) groups excluding carboxylic acids is 1. The van der Waals surface area contributed by atoms with Crippen LogP contribution in [0, 0.1) is 5.92 Å². The summed E-state index contributed by atoms with van der Waals surface area (Å²) in [7, 11) is 0. The number of nitrogens with zero attached hydrogens (tertiary/aromatic N) is 1. The molecule has 0 radical (unpaired) electrons. The number of nitrogens with one attached hydrogen (secondary N) is 1. The summed E-state index contributed by atoms with van der Waals surface area (Å²) in [6, 6.07) is 9.82. The monoisotopic (exact) mass is 284 g/mol. The standard InChI is InChI=1S/C17H20N2O2/c20-17(21-12-13-4-2-1-3-5-13)15-8-6-14(7-9-15)16-18-10-11-19-16/h1-5,10-11,14-15H,6-9,12H2,(H,18,19)/t14-,15-. The second kappa shape index (κ2) is 6.57. The Morgan fingerprint density at radius 1 is 1.19 bits per heavy atom. The van der Waals surface area contributed by atoms with E-state index in [1.807, 2.05) is 36.5 Å². The fourth-order valence-electron chi connectivity index (χ4n) is 2.95. The van der Waals surface area contributed by atoms with Gasteiger partial charge in [0.25, 0.3) is 0 Å². The van der Waals surface area contributed by atoms with Gasteiger partial charge in [-0.2, -0.15) is 0 Å². The van der Waals surface area contributed by atoms with Gasteiger partial charge >= 0.3 is 5.97 Å². The lowest BCUT2D eigenvalue weighted by atomic mass is 9.81. The molecule has 110 valence electrons. The number of hydrogen-bond donors (Lipinski definition) is 1. The Morgan fingerprint density at radius 2 is 1.95 bits per heavy atom. The quantitative estimate of drug-likeness (QED) is 0.875. The van der Waals surface area contributed by atoms with Crippen molar-refractivity contribution in [1.29, 1.82) is 0 Å². The summed E-state index contributed by atoms with van der Waals surface area (Å²) in [5.41, 5.74) is 1.04. The fraction of sp³-hybridized carbons (Fsp3) is 0.412. The van der Waals surface area contributed by atoms with Gasteiger partial charge in [0.1, 0.15) is 12.4 Å². The van der Waals surface area contributed by atoms with Gasteiger partial charge in [0.15, 0.2) is 0 Å². The lowest BCUT2D eigenvalue weighted by Crippen LogP contribution is -2.23. The van der Waals surface area contributed by atoms with Crippen LogP contribution in [0.15, 0.2) is 42.7 Å². The summed E-state index contributed by atoms with van der Waals surface area (Å²) < 4.78 is 5.43. The Bertz CT molecular complexity index is 558. The average Bonchev–Trinajstić information content (AvgIpc) is 3.08. The van der Waals surface area contributed by atoms with E-state index in [4.69, 9.17) is 4.74 Å². The molecule has 0 atom stereocenters. The summed E-state index contributed by atoms with van der Waals surface area (Å²) in [6.45, 7) is 0.373. The van der Waals surface area contributed by atoms with Crippen LogP contribution in [0.1, 0.15) is 43.0 Å². The van der Waals surface area contributed by atoms with E-state index in [0.717, 1.165) is 37.1 Å². The largest absolute Gasteiger partial charge is 0.461 e. The highest BCUT2D eigenvalue weighted by molar-refractivity contribution is 5.72. The van der Waals surface area contributed by atoms with Crippen molar-refractivity contribution < 1.29 is 9.53 Å². The zero-order chi connectivity index (χ0) is 14.5. The van der Waals surface area contributed by atoms with Crippen LogP contribution in [-0.4, -0.2) is 15.9 Å². The van der Waals surface area contributed by atoms with Gasteiger partial charge < -0.3 is 9.72 Å². The van der Waals surface area contributed by atoms with Crippen LogP contribution in [0.25, 0.3) is 0 Å². The molecule has 0 amide bonds. The Labute approximate surface area is 124 Å². The number of rotatable bonds is 4. The van der Waals surface area contributed by atoms with Gasteiger partial charge in [-0.3, -0.25) is 4.79 Å². The average molecular weight is 284 g/mol. The van der Waals surface area contributed by atoms with Crippen molar-refractivity contribution in [3.8, 4) is 0 Å². The maximum absolute atomic E-state index is 12.1. The van der Waals surface area contributed by atoms with E-state index in [9.17, 15) is 4.79 Å². The first-order valence-corrected chi connectivity index (χ1v) is 7.53. The minimum atomic E-state index is -0.0586. The molecule has 1 heterocycles. The predicted octanol–water partition coefficient (Wildman–Crippen LogP) is 3.43. The summed E-state index contributed by atoms with van der Waals surface area (Å²) in [5.74, 6) is 1.49. The van der Waals surface area contributed by atoms with E-state index in [0.29, 0.717) is 12.5 Å². The molecule has 1 saturated carbocycles. The number of esters is 1. The highest BCUT2D eigenvalue weighted by Crippen LogP contribution is 2.34. The smallest absolute Gasteiger partial charge is 0.309 e. The van der Waals surface area contributed by atoms with E-state index in [1.165, 1.54) is 0 Å². The summed E-state index contributed by atoms with van der Waals surface area (Å²) in [5, 5.41) is 0. The predicted molar refractivity (Wildman–Crippen MR) is 79.5 cm³/mol. The first-order chi connectivity index (χ1) is 10.3. The third-order valence-corrected chi connectivity index (χ3v) is 4.19. The summed E-state index contributed by atoms with van der Waals surface area (Å²) in [6.07, 6.45) is 7.42. The van der Waals surface area contributed by atoms with Crippen molar-refractivity contribution >= 4 is 5.97 Å². The third-order valence-electron chi connectivity index (χ3n) is 4.19. The Hall–Kier alpha value is -2.10. The molecule has 0 aliphatic heterocycles. The molecule has 4 nitrogen and oxygen atoms in total. The third kappa shape index (κ3) is 3.51. The number of benzene rings is 1. The molecular weight excluding hydrogens is 264 g/mol. The number of aromatic amines is 1. The molecule has 3 rings (SSSR count). The van der Waals surface area contributed by atoms with Crippen LogP contribution < -0.4 is 0 Å². The van der Waals surface area contributed by atoms with Crippen LogP contribution in [0.5, 0.6) is 0 Å². The van der Waals surface area contributed by atoms with Crippen molar-refractivity contribution in [2.24, 2.45) is 5.92 Å². The maximum Gasteiger partial charge on any atom is 0.309 e. The van der Waals surface area contributed by atoms with Gasteiger partial charge in [-0.15, -0.1) is 0 Å². The number of imidazole rings is 1. The van der Waals surface area contributed by atoms with Crippen LogP contribution in [0.4, 0.5) is 0 Å². The number of H-pyrrole nitrogens is 1. The molecule has 0 spiro atoms. The molecule has 21 heavy (non-hydrogen) atoms. The van der Waals surface area contributed by atoms with Crippen molar-refractivity contribution in [3.63, 3.8) is 0 Å². The van der Waals surface area contributed by atoms with Gasteiger partial charge in [0, 0.05) is 18.3 Å². The molecule has 1 aromatic heterocycles. The van der Waals surface area contributed by atoms with E-state index < -0.39 is 0 Å². The lowest BCUT2D eigenvalue weighted by Gasteiger charge is -2.26. The maximum atomic E-state index is 12.1. The Balaban J connectivity index is 1.47. The molecule has 0 bridgehead atoms. The van der Waals surface area contributed by atoms with Crippen LogP contribution >= 0.6 is 0 Å². The van der Waals surface area contributed by atoms with E-state index in [2.05, 4.69) is 9.97 Å². The van der Waals surface area contributed by atoms with Crippen molar-refractivity contribution in [1.82, 2.24) is 9.97 Å². The van der Waals surface area contributed by atoms with Gasteiger partial charge in [0.2, 0.25) is 0 Å². The molecule has 1 fully saturated rings. The first-order valence-electron chi connectivity index (χ1n) is 7.53. The second-order valence-electron chi connectivity index (χ2n) is 5.62. The Morgan fingerprint density at radius 3 is 2.62 bits per heavy atom. The van der Waals surface area contributed by atoms with Crippen LogP contribution in [-0.2, 0) is 16.1 Å². The molecule has 0 unspecified atom stereocenters. The number of aromatic nitrogens is 2. The zero-order valence-electron chi connectivity index (χ0n) is 12.0. The molecule has 4 heteroatoms. The van der Waals surface area contributed by atoms with E-state index in [-0.39, 0.29) is 11.9 Å². The highest BCUT2D eigenvalue weighted by Gasteiger charge is 2.29. The van der Waals surface area contributed by atoms with Crippen LogP contribution in [0.3, 0.4) is 0 Å². The fourth-order valence-corrected chi connectivity index (χ4v) is 2.95. The van der Waals surface area contributed by atoms with Gasteiger partial charge in [-0.1, -0.05) is 30.3 Å². The minimum absolute atomic E-state index is 0.0416. The van der Waals surface area contributed by atoms with Crippen molar-refractivity contribution in [2.45, 2.75) is 38.2 Å². The SMILES string of the molecule is O=C(OCc1ccccc1)[C@H]1CC[C@H](c2ncc[nH]2)CC1. The van der Waals surface area contributed by atoms with E-state index in [1.54, 1.807) is 6.20 Å². The number of ether oxygens (including phenoxy) is 1. The minimum Gasteiger partial charge on any atom is -0.461 e. The number of carbonyl (C=O) groups is 1. The van der Waals surface area contributed by atoms with Crippen LogP contribution in [0.2, 0.25) is 0 Å². The summed E-state index contributed by atoms with van der Waals surface area (Å²) >= 11 is 0. The summed E-state index contributed by atoms with van der Waals surface area (Å²) in [4.78, 5) is 19.6. The molecule has 1 aromatic carbocycles. The van der Waals surface area contributed by atoms with E-state index >= 15 is 0 Å². The van der Waals surface area contributed by atoms with Gasteiger partial charge in [-0.25, -0.2) is 4.98 Å². The Kier molecular flexibility index (Phi) is 4.34. The molecule has 1 aliphatic rings. The topological polar surface area (TPSA) is 55.0 Å². The molecule has 1 aliphatic carbocycles. The van der Waals surface area contributed by atoms with Crippen molar-refractivity contribution in [2.75, 3.05) is 0 Å². The first kappa shape index (κ1) is 13.9. The van der Waals surface area contributed by atoms with Crippen molar-refractivity contribution in [3.05, 3.63) is 54.1 Å². The highest BCUT2D eigenvalue weighted by atomic mass is 16.5. The van der Waals surface area contributed by atoms with Gasteiger partial charge in [0.05, 0.1) is 5.92 Å². The molecule has 2 aromatic rings.